The van der Waals surface area contributed by atoms with Gasteiger partial charge in [0.05, 0.1) is 10.7 Å². The molecule has 0 radical (unpaired) electrons. The van der Waals surface area contributed by atoms with E-state index in [0.29, 0.717) is 19.0 Å². The van der Waals surface area contributed by atoms with Crippen LogP contribution in [-0.2, 0) is 4.79 Å². The molecule has 1 aliphatic rings. The Morgan fingerprint density at radius 2 is 1.77 bits per heavy atom. The normalized spacial score (nSPS) is 14.7. The summed E-state index contributed by atoms with van der Waals surface area (Å²) >= 11 is 6.26. The molecule has 2 aromatic rings. The fraction of sp³-hybridized carbons (Fsp3) is 0.316. The van der Waals surface area contributed by atoms with E-state index in [9.17, 15) is 4.79 Å². The molecule has 3 rings (SSSR count). The molecule has 0 atom stereocenters. The Morgan fingerprint density at radius 1 is 1.12 bits per heavy atom. The molecule has 2 heterocycles. The third-order valence-electron chi connectivity index (χ3n) is 4.26. The third-order valence-corrected chi connectivity index (χ3v) is 4.58. The van der Waals surface area contributed by atoms with Gasteiger partial charge in [-0.05, 0) is 18.2 Å². The first kappa shape index (κ1) is 18.2. The second-order valence-electron chi connectivity index (χ2n) is 6.31. The second-order valence-corrected chi connectivity index (χ2v) is 6.72. The van der Waals surface area contributed by atoms with E-state index >= 15 is 0 Å². The lowest BCUT2D eigenvalue weighted by Gasteiger charge is -2.36. The number of rotatable bonds is 4. The number of halogens is 1. The number of carbonyl (C=O) groups excluding carboxylic acids is 1. The second kappa shape index (κ2) is 8.19. The number of aromatic nitrogens is 2. The first-order valence-corrected chi connectivity index (χ1v) is 8.88. The van der Waals surface area contributed by atoms with Crippen molar-refractivity contribution in [3.05, 3.63) is 53.3 Å². The zero-order valence-corrected chi connectivity index (χ0v) is 15.7. The fourth-order valence-corrected chi connectivity index (χ4v) is 3.05. The van der Waals surface area contributed by atoms with Gasteiger partial charge in [-0.1, -0.05) is 23.7 Å². The van der Waals surface area contributed by atoms with Crippen molar-refractivity contribution in [1.82, 2.24) is 14.9 Å². The Balaban J connectivity index is 1.56. The quantitative estimate of drug-likeness (QED) is 0.773. The summed E-state index contributed by atoms with van der Waals surface area (Å²) in [6, 6.07) is 7.80. The Bertz CT molecular complexity index is 783. The molecule has 1 amide bonds. The lowest BCUT2D eigenvalue weighted by atomic mass is 10.2. The Hall–Kier alpha value is -2.60. The molecule has 6 nitrogen and oxygen atoms in total. The predicted octanol–water partition coefficient (Wildman–Crippen LogP) is 2.56. The smallest absolute Gasteiger partial charge is 0.246 e. The van der Waals surface area contributed by atoms with Crippen LogP contribution in [0.15, 0.2) is 42.7 Å². The zero-order chi connectivity index (χ0) is 18.5. The van der Waals surface area contributed by atoms with E-state index in [-0.39, 0.29) is 5.91 Å². The van der Waals surface area contributed by atoms with Crippen molar-refractivity contribution in [1.29, 1.82) is 0 Å². The van der Waals surface area contributed by atoms with Crippen LogP contribution in [-0.4, -0.2) is 61.0 Å². The molecule has 7 heteroatoms. The van der Waals surface area contributed by atoms with Gasteiger partial charge in [0.1, 0.15) is 0 Å². The Labute approximate surface area is 158 Å². The average molecular weight is 372 g/mol. The maximum absolute atomic E-state index is 12.4. The van der Waals surface area contributed by atoms with Crippen molar-refractivity contribution in [3.63, 3.8) is 0 Å². The van der Waals surface area contributed by atoms with Gasteiger partial charge in [0.15, 0.2) is 0 Å². The van der Waals surface area contributed by atoms with Gasteiger partial charge in [0.25, 0.3) is 0 Å². The van der Waals surface area contributed by atoms with Crippen LogP contribution < -0.4 is 9.80 Å². The molecule has 0 bridgehead atoms. The topological polar surface area (TPSA) is 52.6 Å². The van der Waals surface area contributed by atoms with Gasteiger partial charge in [-0.2, -0.15) is 0 Å². The third kappa shape index (κ3) is 4.32. The first-order chi connectivity index (χ1) is 12.5. The predicted molar refractivity (Wildman–Crippen MR) is 106 cm³/mol. The van der Waals surface area contributed by atoms with Crippen molar-refractivity contribution in [2.75, 3.05) is 50.1 Å². The minimum Gasteiger partial charge on any atom is -0.367 e. The number of amides is 1. The highest BCUT2D eigenvalue weighted by Crippen LogP contribution is 2.26. The summed E-state index contributed by atoms with van der Waals surface area (Å²) in [4.78, 5) is 26.8. The molecule has 0 saturated carbocycles. The van der Waals surface area contributed by atoms with E-state index in [1.165, 1.54) is 0 Å². The minimum atomic E-state index is 0.000458. The molecule has 1 aromatic carbocycles. The van der Waals surface area contributed by atoms with E-state index in [1.54, 1.807) is 24.5 Å². The number of nitrogens with zero attached hydrogens (tertiary/aromatic N) is 5. The van der Waals surface area contributed by atoms with Crippen LogP contribution in [0.2, 0.25) is 5.02 Å². The van der Waals surface area contributed by atoms with E-state index in [1.807, 2.05) is 48.2 Å². The molecule has 1 aliphatic heterocycles. The van der Waals surface area contributed by atoms with Gasteiger partial charge < -0.3 is 14.7 Å². The molecule has 1 aromatic heterocycles. The first-order valence-electron chi connectivity index (χ1n) is 8.50. The van der Waals surface area contributed by atoms with Crippen LogP contribution in [0.1, 0.15) is 5.56 Å². The van der Waals surface area contributed by atoms with Gasteiger partial charge in [-0.3, -0.25) is 4.79 Å². The summed E-state index contributed by atoms with van der Waals surface area (Å²) in [6.07, 6.45) is 6.75. The number of benzene rings is 1. The number of carbonyl (C=O) groups is 1. The van der Waals surface area contributed by atoms with Crippen LogP contribution >= 0.6 is 11.6 Å². The zero-order valence-electron chi connectivity index (χ0n) is 15.0. The van der Waals surface area contributed by atoms with E-state index in [0.717, 1.165) is 29.4 Å². The summed E-state index contributed by atoms with van der Waals surface area (Å²) in [5.41, 5.74) is 1.83. The largest absolute Gasteiger partial charge is 0.367 e. The number of para-hydroxylation sites is 1. The Morgan fingerprint density at radius 3 is 2.38 bits per heavy atom. The molecule has 26 heavy (non-hydrogen) atoms. The van der Waals surface area contributed by atoms with Crippen LogP contribution in [0.25, 0.3) is 6.08 Å². The van der Waals surface area contributed by atoms with Crippen LogP contribution in [0.5, 0.6) is 0 Å². The minimum absolute atomic E-state index is 0.000458. The molecule has 0 N–H and O–H groups in total. The molecule has 1 saturated heterocycles. The fourth-order valence-electron chi connectivity index (χ4n) is 2.80. The molecule has 0 unspecified atom stereocenters. The molecule has 0 spiro atoms. The molecule has 1 fully saturated rings. The van der Waals surface area contributed by atoms with Crippen molar-refractivity contribution >= 4 is 35.2 Å². The highest BCUT2D eigenvalue weighted by Gasteiger charge is 2.20. The number of hydrogen-bond acceptors (Lipinski definition) is 5. The number of hydrogen-bond donors (Lipinski definition) is 0. The van der Waals surface area contributed by atoms with Crippen LogP contribution in [0, 0.1) is 0 Å². The maximum atomic E-state index is 12.4. The number of piperazine rings is 1. The van der Waals surface area contributed by atoms with E-state index < -0.39 is 0 Å². The van der Waals surface area contributed by atoms with Gasteiger partial charge >= 0.3 is 0 Å². The molecular formula is C19H22ClN5O. The average Bonchev–Trinajstić information content (AvgIpc) is 2.67. The monoisotopic (exact) mass is 371 g/mol. The molecule has 136 valence electrons. The maximum Gasteiger partial charge on any atom is 0.246 e. The SMILES string of the molecule is CN(C)c1ncc(C=CC(=O)N2CCN(c3ccccc3Cl)CC2)cn1. The lowest BCUT2D eigenvalue weighted by Crippen LogP contribution is -2.48. The summed E-state index contributed by atoms with van der Waals surface area (Å²) in [7, 11) is 3.77. The van der Waals surface area contributed by atoms with Gasteiger partial charge in [-0.25, -0.2) is 9.97 Å². The summed E-state index contributed by atoms with van der Waals surface area (Å²) < 4.78 is 0. The standard InChI is InChI=1S/C19H22ClN5O/c1-23(2)19-21-13-15(14-22-19)7-8-18(26)25-11-9-24(10-12-25)17-6-4-3-5-16(17)20/h3-8,13-14H,9-12H2,1-2H3. The molecule has 0 aliphatic carbocycles. The van der Waals surface area contributed by atoms with Gasteiger partial charge in [-0.15, -0.1) is 0 Å². The van der Waals surface area contributed by atoms with E-state index in [4.69, 9.17) is 11.6 Å². The van der Waals surface area contributed by atoms with E-state index in [2.05, 4.69) is 14.9 Å². The highest BCUT2D eigenvalue weighted by atomic mass is 35.5. The van der Waals surface area contributed by atoms with Crippen molar-refractivity contribution in [2.45, 2.75) is 0 Å². The van der Waals surface area contributed by atoms with Gasteiger partial charge in [0.2, 0.25) is 11.9 Å². The lowest BCUT2D eigenvalue weighted by molar-refractivity contribution is -0.126. The summed E-state index contributed by atoms with van der Waals surface area (Å²) in [5, 5.41) is 0.744. The van der Waals surface area contributed by atoms with Crippen molar-refractivity contribution in [3.8, 4) is 0 Å². The number of anilines is 2. The summed E-state index contributed by atoms with van der Waals surface area (Å²) in [5.74, 6) is 0.643. The van der Waals surface area contributed by atoms with Crippen LogP contribution in [0.4, 0.5) is 11.6 Å². The summed E-state index contributed by atoms with van der Waals surface area (Å²) in [6.45, 7) is 2.88. The molecular weight excluding hydrogens is 350 g/mol. The van der Waals surface area contributed by atoms with Gasteiger partial charge in [0, 0.05) is 64.3 Å². The van der Waals surface area contributed by atoms with Crippen molar-refractivity contribution in [2.24, 2.45) is 0 Å². The van der Waals surface area contributed by atoms with Crippen LogP contribution in [0.3, 0.4) is 0 Å². The highest BCUT2D eigenvalue weighted by molar-refractivity contribution is 6.33. The van der Waals surface area contributed by atoms with Crippen molar-refractivity contribution < 1.29 is 4.79 Å². The Kier molecular flexibility index (Phi) is 5.73.